The van der Waals surface area contributed by atoms with Gasteiger partial charge in [-0.25, -0.2) is 0 Å². The van der Waals surface area contributed by atoms with Crippen molar-refractivity contribution in [2.45, 2.75) is 0 Å². The number of fused-ring (bicyclic) bond motifs is 16. The smallest absolute Gasteiger partial charge is 0.144 e. The van der Waals surface area contributed by atoms with Crippen LogP contribution in [0.1, 0.15) is 0 Å². The quantitative estimate of drug-likeness (QED) is 0.185. The van der Waals surface area contributed by atoms with Crippen molar-refractivity contribution in [3.63, 3.8) is 0 Å². The second kappa shape index (κ2) is 8.19. The Morgan fingerprint density at radius 1 is 0.405 bits per heavy atom. The average molecular weight is 551 g/mol. The molecule has 2 heteroatoms. The third-order valence-electron chi connectivity index (χ3n) is 9.03. The van der Waals surface area contributed by atoms with Crippen LogP contribution in [0.4, 0.5) is 0 Å². The summed E-state index contributed by atoms with van der Waals surface area (Å²) in [4.78, 5) is 0. The Morgan fingerprint density at radius 2 is 1.02 bits per heavy atom. The zero-order valence-electron chi connectivity index (χ0n) is 22.5. The maximum Gasteiger partial charge on any atom is 0.144 e. The van der Waals surface area contributed by atoms with E-state index in [2.05, 4.69) is 133 Å². The van der Waals surface area contributed by atoms with Gasteiger partial charge in [-0.3, -0.25) is 0 Å². The van der Waals surface area contributed by atoms with Gasteiger partial charge in [0, 0.05) is 41.7 Å². The Hall–Kier alpha value is -5.18. The van der Waals surface area contributed by atoms with E-state index in [1.807, 2.05) is 11.3 Å². The molecular weight excluding hydrogens is 529 g/mol. The number of thiophene rings is 1. The van der Waals surface area contributed by atoms with E-state index in [0.29, 0.717) is 0 Å². The molecule has 0 radical (unpaired) electrons. The first kappa shape index (κ1) is 22.5. The molecule has 10 rings (SSSR count). The molecule has 1 nitrogen and oxygen atoms in total. The standard InChI is InChI=1S/C40H22OS/c1-3-12-28-26(11-1)29-17-9-16-24(36(29)39-37(28)31-14-5-7-18-34(31)41-39)23-20-21-27-25-10-2-4-13-30(25)40-38(33(27)22-23)32-15-6-8-19-35(32)42-40/h1-22H. The SMILES string of the molecule is c1ccc2c(c1)oc1c3c(-c4ccc5c6ccccc6c6sc7ccccc7c6c5c4)cccc3c3ccccc3c21. The summed E-state index contributed by atoms with van der Waals surface area (Å²) in [6.45, 7) is 0. The lowest BCUT2D eigenvalue weighted by Crippen LogP contribution is -1.87. The minimum absolute atomic E-state index is 0.927. The number of para-hydroxylation sites is 1. The Balaban J connectivity index is 1.40. The molecule has 0 saturated carbocycles. The molecule has 2 aromatic heterocycles. The normalized spacial score (nSPS) is 12.3. The van der Waals surface area contributed by atoms with Crippen LogP contribution in [-0.2, 0) is 0 Å². The molecule has 194 valence electrons. The van der Waals surface area contributed by atoms with Gasteiger partial charge in [0.2, 0.25) is 0 Å². The zero-order valence-corrected chi connectivity index (χ0v) is 23.3. The molecule has 42 heavy (non-hydrogen) atoms. The van der Waals surface area contributed by atoms with Crippen LogP contribution in [0.3, 0.4) is 0 Å². The summed E-state index contributed by atoms with van der Waals surface area (Å²) in [6.07, 6.45) is 0. The number of hydrogen-bond donors (Lipinski definition) is 0. The van der Waals surface area contributed by atoms with E-state index in [1.165, 1.54) is 79.8 Å². The fourth-order valence-electron chi connectivity index (χ4n) is 7.26. The molecule has 0 saturated heterocycles. The minimum atomic E-state index is 0.927. The molecule has 0 amide bonds. The van der Waals surface area contributed by atoms with E-state index < -0.39 is 0 Å². The second-order valence-electron chi connectivity index (χ2n) is 11.2. The van der Waals surface area contributed by atoms with E-state index in [-0.39, 0.29) is 0 Å². The maximum absolute atomic E-state index is 6.70. The summed E-state index contributed by atoms with van der Waals surface area (Å²) in [5.41, 5.74) is 4.30. The first-order valence-electron chi connectivity index (χ1n) is 14.4. The number of furan rings is 1. The summed E-state index contributed by atoms with van der Waals surface area (Å²) >= 11 is 1.90. The number of hydrogen-bond acceptors (Lipinski definition) is 2. The number of rotatable bonds is 1. The third-order valence-corrected chi connectivity index (χ3v) is 10.2. The van der Waals surface area contributed by atoms with Gasteiger partial charge in [-0.2, -0.15) is 0 Å². The number of benzene rings is 8. The van der Waals surface area contributed by atoms with E-state index in [0.717, 1.165) is 16.6 Å². The van der Waals surface area contributed by atoms with Gasteiger partial charge >= 0.3 is 0 Å². The van der Waals surface area contributed by atoms with Crippen LogP contribution in [0.25, 0.3) is 96.3 Å². The molecular formula is C40H22OS. The van der Waals surface area contributed by atoms with E-state index >= 15 is 0 Å². The topological polar surface area (TPSA) is 13.1 Å². The highest BCUT2D eigenvalue weighted by atomic mass is 32.1. The van der Waals surface area contributed by atoms with Gasteiger partial charge in [0.1, 0.15) is 11.2 Å². The monoisotopic (exact) mass is 550 g/mol. The van der Waals surface area contributed by atoms with Gasteiger partial charge in [-0.15, -0.1) is 11.3 Å². The Kier molecular flexibility index (Phi) is 4.39. The first-order chi connectivity index (χ1) is 20.8. The van der Waals surface area contributed by atoms with E-state index in [9.17, 15) is 0 Å². The summed E-state index contributed by atoms with van der Waals surface area (Å²) in [5, 5.41) is 15.2. The molecule has 10 aromatic rings. The highest BCUT2D eigenvalue weighted by Gasteiger charge is 2.20. The van der Waals surface area contributed by atoms with Crippen LogP contribution in [0, 0.1) is 0 Å². The van der Waals surface area contributed by atoms with Crippen molar-refractivity contribution in [1.29, 1.82) is 0 Å². The van der Waals surface area contributed by atoms with Gasteiger partial charge < -0.3 is 4.42 Å². The predicted octanol–water partition coefficient (Wildman–Crippen LogP) is 12.2. The van der Waals surface area contributed by atoms with Gasteiger partial charge in [-0.1, -0.05) is 115 Å². The van der Waals surface area contributed by atoms with Crippen molar-refractivity contribution in [3.05, 3.63) is 133 Å². The zero-order chi connectivity index (χ0) is 27.4. The Morgan fingerprint density at radius 3 is 1.88 bits per heavy atom. The highest BCUT2D eigenvalue weighted by molar-refractivity contribution is 7.27. The van der Waals surface area contributed by atoms with Crippen molar-refractivity contribution in [1.82, 2.24) is 0 Å². The Bertz CT molecular complexity index is 2740. The van der Waals surface area contributed by atoms with E-state index in [4.69, 9.17) is 4.42 Å². The molecule has 0 aliphatic carbocycles. The predicted molar refractivity (Wildman–Crippen MR) is 182 cm³/mol. The van der Waals surface area contributed by atoms with Gasteiger partial charge in [0.25, 0.3) is 0 Å². The second-order valence-corrected chi connectivity index (χ2v) is 12.2. The van der Waals surface area contributed by atoms with Crippen LogP contribution in [-0.4, -0.2) is 0 Å². The average Bonchev–Trinajstić information content (AvgIpc) is 3.64. The van der Waals surface area contributed by atoms with Crippen LogP contribution >= 0.6 is 11.3 Å². The molecule has 2 heterocycles. The van der Waals surface area contributed by atoms with Crippen LogP contribution < -0.4 is 0 Å². The molecule has 0 N–H and O–H groups in total. The van der Waals surface area contributed by atoms with E-state index in [1.54, 1.807) is 0 Å². The van der Waals surface area contributed by atoms with Crippen molar-refractivity contribution in [2.75, 3.05) is 0 Å². The fourth-order valence-corrected chi connectivity index (χ4v) is 8.52. The minimum Gasteiger partial charge on any atom is -0.455 e. The molecule has 0 bridgehead atoms. The van der Waals surface area contributed by atoms with Crippen LogP contribution in [0.5, 0.6) is 0 Å². The highest BCUT2D eigenvalue weighted by Crippen LogP contribution is 2.47. The largest absolute Gasteiger partial charge is 0.455 e. The lowest BCUT2D eigenvalue weighted by atomic mass is 9.90. The maximum atomic E-state index is 6.70. The van der Waals surface area contributed by atoms with Crippen molar-refractivity contribution in [3.8, 4) is 11.1 Å². The van der Waals surface area contributed by atoms with Gasteiger partial charge in [-0.05, 0) is 61.6 Å². The summed E-state index contributed by atoms with van der Waals surface area (Å²) in [5.74, 6) is 0. The molecule has 0 spiro atoms. The molecule has 0 unspecified atom stereocenters. The summed E-state index contributed by atoms with van der Waals surface area (Å²) in [6, 6.07) is 48.6. The molecule has 0 aliphatic rings. The van der Waals surface area contributed by atoms with Crippen molar-refractivity contribution in [2.24, 2.45) is 0 Å². The van der Waals surface area contributed by atoms with Gasteiger partial charge in [0.05, 0.1) is 0 Å². The molecule has 0 atom stereocenters. The fraction of sp³-hybridized carbons (Fsp3) is 0. The van der Waals surface area contributed by atoms with Crippen LogP contribution in [0.2, 0.25) is 0 Å². The van der Waals surface area contributed by atoms with Crippen molar-refractivity contribution < 1.29 is 4.42 Å². The van der Waals surface area contributed by atoms with Crippen molar-refractivity contribution >= 4 is 96.5 Å². The molecule has 8 aromatic carbocycles. The molecule has 0 fully saturated rings. The summed E-state index contributed by atoms with van der Waals surface area (Å²) in [7, 11) is 0. The lowest BCUT2D eigenvalue weighted by molar-refractivity contribution is 0.673. The third kappa shape index (κ3) is 2.87. The Labute approximate surface area is 244 Å². The van der Waals surface area contributed by atoms with Crippen LogP contribution in [0.15, 0.2) is 138 Å². The van der Waals surface area contributed by atoms with Gasteiger partial charge in [0.15, 0.2) is 0 Å². The summed E-state index contributed by atoms with van der Waals surface area (Å²) < 4.78 is 9.39. The molecule has 0 aliphatic heterocycles. The lowest BCUT2D eigenvalue weighted by Gasteiger charge is -2.13. The first-order valence-corrected chi connectivity index (χ1v) is 15.2.